The van der Waals surface area contributed by atoms with Crippen LogP contribution < -0.4 is 10.6 Å². The monoisotopic (exact) mass is 290 g/mol. The lowest BCUT2D eigenvalue weighted by atomic mass is 10.1. The van der Waals surface area contributed by atoms with E-state index < -0.39 is 17.9 Å². The Bertz CT molecular complexity index is 573. The number of imide groups is 1. The number of carbonyl (C=O) groups is 3. The summed E-state index contributed by atoms with van der Waals surface area (Å²) in [5, 5.41) is 5.36. The van der Waals surface area contributed by atoms with Gasteiger partial charge in [-0.1, -0.05) is 6.92 Å². The van der Waals surface area contributed by atoms with Gasteiger partial charge in [-0.25, -0.2) is 0 Å². The van der Waals surface area contributed by atoms with Gasteiger partial charge >= 0.3 is 0 Å². The van der Waals surface area contributed by atoms with Gasteiger partial charge in [0.25, 0.3) is 5.91 Å². The molecule has 1 aliphatic heterocycles. The molecule has 0 aliphatic carbocycles. The van der Waals surface area contributed by atoms with E-state index in [4.69, 9.17) is 0 Å². The van der Waals surface area contributed by atoms with E-state index in [0.29, 0.717) is 11.3 Å². The lowest BCUT2D eigenvalue weighted by Crippen LogP contribution is -2.58. The van der Waals surface area contributed by atoms with Gasteiger partial charge in [-0.05, 0) is 19.4 Å². The number of rotatable bonds is 4. The molecule has 1 aromatic rings. The van der Waals surface area contributed by atoms with E-state index in [0.717, 1.165) is 13.0 Å². The zero-order valence-electron chi connectivity index (χ0n) is 12.0. The van der Waals surface area contributed by atoms with E-state index in [9.17, 15) is 14.4 Å². The molecule has 1 unspecified atom stereocenters. The average molecular weight is 290 g/mol. The van der Waals surface area contributed by atoms with Crippen LogP contribution in [0.2, 0.25) is 0 Å². The van der Waals surface area contributed by atoms with Crippen molar-refractivity contribution < 1.29 is 14.4 Å². The van der Waals surface area contributed by atoms with E-state index >= 15 is 0 Å². The van der Waals surface area contributed by atoms with Gasteiger partial charge < -0.3 is 10.2 Å². The number of hydrogen-bond donors (Lipinski definition) is 2. The molecular weight excluding hydrogens is 272 g/mol. The van der Waals surface area contributed by atoms with Crippen LogP contribution >= 0.6 is 0 Å². The van der Waals surface area contributed by atoms with E-state index in [-0.39, 0.29) is 12.5 Å². The minimum Gasteiger partial charge on any atom is -0.384 e. The highest BCUT2D eigenvalue weighted by Gasteiger charge is 2.34. The summed E-state index contributed by atoms with van der Waals surface area (Å²) >= 11 is 0. The second-order valence-electron chi connectivity index (χ2n) is 4.87. The Hall–Kier alpha value is -2.44. The molecule has 7 heteroatoms. The van der Waals surface area contributed by atoms with Gasteiger partial charge in [-0.3, -0.25) is 24.7 Å². The van der Waals surface area contributed by atoms with Crippen molar-refractivity contribution in [3.05, 3.63) is 24.0 Å². The summed E-state index contributed by atoms with van der Waals surface area (Å²) in [6.45, 7) is 4.20. The van der Waals surface area contributed by atoms with Gasteiger partial charge in [0.05, 0.1) is 11.3 Å². The number of anilines is 1. The predicted octanol–water partition coefficient (Wildman–Crippen LogP) is 0.391. The molecule has 1 aliphatic rings. The van der Waals surface area contributed by atoms with Crippen LogP contribution in [0.3, 0.4) is 0 Å². The van der Waals surface area contributed by atoms with Crippen LogP contribution in [0, 0.1) is 0 Å². The van der Waals surface area contributed by atoms with Crippen LogP contribution in [-0.2, 0) is 9.59 Å². The number of carbonyl (C=O) groups excluding carboxylic acids is 3. The largest absolute Gasteiger partial charge is 0.384 e. The van der Waals surface area contributed by atoms with Crippen LogP contribution in [0.1, 0.15) is 30.6 Å². The van der Waals surface area contributed by atoms with Crippen molar-refractivity contribution in [2.45, 2.75) is 26.3 Å². The molecule has 2 heterocycles. The third kappa shape index (κ3) is 3.18. The summed E-state index contributed by atoms with van der Waals surface area (Å²) in [6.07, 6.45) is 3.95. The first-order chi connectivity index (χ1) is 10.0. The Kier molecular flexibility index (Phi) is 4.52. The minimum atomic E-state index is -0.686. The zero-order chi connectivity index (χ0) is 15.4. The van der Waals surface area contributed by atoms with Gasteiger partial charge in [0, 0.05) is 18.9 Å². The van der Waals surface area contributed by atoms with Gasteiger partial charge in [-0.15, -0.1) is 0 Å². The number of hydrogen-bond acceptors (Lipinski definition) is 5. The van der Waals surface area contributed by atoms with Gasteiger partial charge in [0.2, 0.25) is 11.8 Å². The maximum Gasteiger partial charge on any atom is 0.258 e. The highest BCUT2D eigenvalue weighted by Crippen LogP contribution is 2.18. The Morgan fingerprint density at radius 1 is 1.52 bits per heavy atom. The Labute approximate surface area is 122 Å². The van der Waals surface area contributed by atoms with Gasteiger partial charge in [0.15, 0.2) is 0 Å². The minimum absolute atomic E-state index is 0.131. The smallest absolute Gasteiger partial charge is 0.258 e. The highest BCUT2D eigenvalue weighted by molar-refractivity contribution is 6.08. The van der Waals surface area contributed by atoms with E-state index in [1.165, 1.54) is 11.1 Å². The standard InChI is InChI=1S/C14H18N4O3/c1-3-5-16-11-4-6-15-7-10(11)14(21)18-8-12(19)17-13(20)9(18)2/h4,6-7,9H,3,5,8H2,1-2H3,(H,15,16)(H,17,19,20). The molecule has 1 aromatic heterocycles. The molecule has 1 fully saturated rings. The number of nitrogens with zero attached hydrogens (tertiary/aromatic N) is 2. The summed E-state index contributed by atoms with van der Waals surface area (Å²) in [4.78, 5) is 40.9. The van der Waals surface area contributed by atoms with Crippen molar-refractivity contribution in [1.29, 1.82) is 0 Å². The fraction of sp³-hybridized carbons (Fsp3) is 0.429. The first-order valence-corrected chi connectivity index (χ1v) is 6.87. The summed E-state index contributed by atoms with van der Waals surface area (Å²) < 4.78 is 0. The molecule has 1 atom stereocenters. The molecule has 112 valence electrons. The van der Waals surface area contributed by atoms with Crippen molar-refractivity contribution in [3.8, 4) is 0 Å². The first kappa shape index (κ1) is 15.0. The Morgan fingerprint density at radius 3 is 3.00 bits per heavy atom. The molecule has 0 aromatic carbocycles. The third-order valence-corrected chi connectivity index (χ3v) is 3.30. The van der Waals surface area contributed by atoms with Crippen LogP contribution in [0.5, 0.6) is 0 Å². The van der Waals surface area contributed by atoms with Crippen LogP contribution in [0.15, 0.2) is 18.5 Å². The van der Waals surface area contributed by atoms with Crippen molar-refractivity contribution in [1.82, 2.24) is 15.2 Å². The second kappa shape index (κ2) is 6.34. The molecule has 1 saturated heterocycles. The quantitative estimate of drug-likeness (QED) is 0.783. The lowest BCUT2D eigenvalue weighted by Gasteiger charge is -2.32. The molecule has 0 radical (unpaired) electrons. The topological polar surface area (TPSA) is 91.4 Å². The van der Waals surface area contributed by atoms with Gasteiger partial charge in [-0.2, -0.15) is 0 Å². The summed E-state index contributed by atoms with van der Waals surface area (Å²) in [5.41, 5.74) is 1.02. The zero-order valence-corrected chi connectivity index (χ0v) is 12.0. The molecule has 2 rings (SSSR count). The number of pyridine rings is 1. The lowest BCUT2D eigenvalue weighted by molar-refractivity contribution is -0.138. The molecule has 2 N–H and O–H groups in total. The predicted molar refractivity (Wildman–Crippen MR) is 76.7 cm³/mol. The second-order valence-corrected chi connectivity index (χ2v) is 4.87. The number of piperazine rings is 1. The van der Waals surface area contributed by atoms with Crippen LogP contribution in [0.4, 0.5) is 5.69 Å². The number of aromatic nitrogens is 1. The van der Waals surface area contributed by atoms with Crippen molar-refractivity contribution in [2.24, 2.45) is 0 Å². The number of nitrogens with one attached hydrogen (secondary N) is 2. The van der Waals surface area contributed by atoms with E-state index in [2.05, 4.69) is 15.6 Å². The van der Waals surface area contributed by atoms with Crippen molar-refractivity contribution >= 4 is 23.4 Å². The fourth-order valence-electron chi connectivity index (χ4n) is 2.10. The SMILES string of the molecule is CCCNc1ccncc1C(=O)N1CC(=O)NC(=O)C1C. The molecular formula is C14H18N4O3. The fourth-order valence-corrected chi connectivity index (χ4v) is 2.10. The molecule has 21 heavy (non-hydrogen) atoms. The molecule has 7 nitrogen and oxygen atoms in total. The summed E-state index contributed by atoms with van der Waals surface area (Å²) in [6, 6.07) is 1.02. The molecule has 0 bridgehead atoms. The highest BCUT2D eigenvalue weighted by atomic mass is 16.2. The maximum absolute atomic E-state index is 12.6. The van der Waals surface area contributed by atoms with Gasteiger partial charge in [0.1, 0.15) is 12.6 Å². The van der Waals surface area contributed by atoms with E-state index in [1.807, 2.05) is 6.92 Å². The summed E-state index contributed by atoms with van der Waals surface area (Å²) in [5.74, 6) is -1.32. The molecule has 0 spiro atoms. The third-order valence-electron chi connectivity index (χ3n) is 3.30. The Balaban J connectivity index is 2.26. The van der Waals surface area contributed by atoms with Crippen molar-refractivity contribution in [2.75, 3.05) is 18.4 Å². The van der Waals surface area contributed by atoms with Crippen LogP contribution in [-0.4, -0.2) is 46.7 Å². The molecule has 3 amide bonds. The normalized spacial score (nSPS) is 18.4. The van der Waals surface area contributed by atoms with Crippen LogP contribution in [0.25, 0.3) is 0 Å². The maximum atomic E-state index is 12.6. The average Bonchev–Trinajstić information content (AvgIpc) is 2.48. The van der Waals surface area contributed by atoms with Crippen molar-refractivity contribution in [3.63, 3.8) is 0 Å². The Morgan fingerprint density at radius 2 is 2.29 bits per heavy atom. The number of amides is 3. The summed E-state index contributed by atoms with van der Waals surface area (Å²) in [7, 11) is 0. The van der Waals surface area contributed by atoms with E-state index in [1.54, 1.807) is 19.2 Å². The first-order valence-electron chi connectivity index (χ1n) is 6.87. The molecule has 0 saturated carbocycles.